The third-order valence-corrected chi connectivity index (χ3v) is 1.83. The van der Waals surface area contributed by atoms with E-state index in [1.54, 1.807) is 13.8 Å². The molecule has 0 aliphatic rings. The molecule has 14 heavy (non-hydrogen) atoms. The molecule has 0 aliphatic heterocycles. The molecule has 0 amide bonds. The molecule has 0 saturated carbocycles. The largest absolute Gasteiger partial charge is 0.437 e. The fourth-order valence-electron chi connectivity index (χ4n) is 1.20. The molecular formula is C7H10N6O. The Kier molecular flexibility index (Phi) is 1.66. The van der Waals surface area contributed by atoms with Crippen LogP contribution >= 0.6 is 0 Å². The molecule has 0 aromatic carbocycles. The van der Waals surface area contributed by atoms with Gasteiger partial charge in [-0.2, -0.15) is 0 Å². The SMILES string of the molecule is Cc1nc(C)c(-c2nnc(N)n2N)o1. The van der Waals surface area contributed by atoms with Crippen molar-refractivity contribution in [2.45, 2.75) is 13.8 Å². The Hall–Kier alpha value is -2.05. The van der Waals surface area contributed by atoms with Crippen LogP contribution in [0.2, 0.25) is 0 Å². The zero-order valence-corrected chi connectivity index (χ0v) is 7.85. The van der Waals surface area contributed by atoms with Crippen LogP contribution in [0, 0.1) is 13.8 Å². The highest BCUT2D eigenvalue weighted by Gasteiger charge is 2.16. The quantitative estimate of drug-likeness (QED) is 0.611. The van der Waals surface area contributed by atoms with Gasteiger partial charge in [0.05, 0.1) is 5.69 Å². The van der Waals surface area contributed by atoms with Gasteiger partial charge in [0, 0.05) is 6.92 Å². The Balaban J connectivity index is 2.59. The minimum Gasteiger partial charge on any atom is -0.437 e. The average Bonchev–Trinajstić information content (AvgIpc) is 2.59. The number of nitrogens with two attached hydrogens (primary N) is 2. The molecular weight excluding hydrogens is 184 g/mol. The maximum Gasteiger partial charge on any atom is 0.241 e. The summed E-state index contributed by atoms with van der Waals surface area (Å²) in [4.78, 5) is 4.09. The van der Waals surface area contributed by atoms with E-state index in [2.05, 4.69) is 15.2 Å². The summed E-state index contributed by atoms with van der Waals surface area (Å²) < 4.78 is 6.48. The lowest BCUT2D eigenvalue weighted by atomic mass is 10.3. The molecule has 7 nitrogen and oxygen atoms in total. The lowest BCUT2D eigenvalue weighted by Crippen LogP contribution is -2.13. The average molecular weight is 194 g/mol. The van der Waals surface area contributed by atoms with E-state index < -0.39 is 0 Å². The van der Waals surface area contributed by atoms with Gasteiger partial charge in [-0.25, -0.2) is 9.66 Å². The summed E-state index contributed by atoms with van der Waals surface area (Å²) in [5, 5.41) is 7.41. The maximum atomic E-state index is 5.59. The van der Waals surface area contributed by atoms with Crippen LogP contribution in [0.15, 0.2) is 4.42 Å². The Morgan fingerprint density at radius 2 is 2.00 bits per heavy atom. The van der Waals surface area contributed by atoms with Crippen LogP contribution in [-0.4, -0.2) is 19.9 Å². The molecule has 7 heteroatoms. The van der Waals surface area contributed by atoms with Gasteiger partial charge in [-0.3, -0.25) is 0 Å². The first-order chi connectivity index (χ1) is 6.59. The predicted octanol–water partition coefficient (Wildman–Crippen LogP) is -0.154. The highest BCUT2D eigenvalue weighted by Crippen LogP contribution is 2.21. The Labute approximate surface area is 79.7 Å². The van der Waals surface area contributed by atoms with E-state index in [9.17, 15) is 0 Å². The molecule has 0 unspecified atom stereocenters. The molecule has 0 atom stereocenters. The molecule has 4 N–H and O–H groups in total. The first-order valence-electron chi connectivity index (χ1n) is 4.00. The minimum atomic E-state index is 0.133. The van der Waals surface area contributed by atoms with E-state index in [0.29, 0.717) is 23.2 Å². The van der Waals surface area contributed by atoms with Crippen molar-refractivity contribution in [1.82, 2.24) is 19.9 Å². The van der Waals surface area contributed by atoms with Gasteiger partial charge in [0.25, 0.3) is 0 Å². The smallest absolute Gasteiger partial charge is 0.241 e. The van der Waals surface area contributed by atoms with Crippen LogP contribution in [-0.2, 0) is 0 Å². The van der Waals surface area contributed by atoms with Gasteiger partial charge in [0.1, 0.15) is 0 Å². The van der Waals surface area contributed by atoms with Gasteiger partial charge in [0.2, 0.25) is 11.8 Å². The second-order valence-electron chi connectivity index (χ2n) is 2.90. The van der Waals surface area contributed by atoms with E-state index in [1.165, 1.54) is 0 Å². The minimum absolute atomic E-state index is 0.133. The number of rotatable bonds is 1. The number of hydrogen-bond acceptors (Lipinski definition) is 6. The van der Waals surface area contributed by atoms with Crippen LogP contribution in [0.1, 0.15) is 11.6 Å². The highest BCUT2D eigenvalue weighted by molar-refractivity contribution is 5.52. The van der Waals surface area contributed by atoms with Gasteiger partial charge in [-0.05, 0) is 6.92 Å². The fourth-order valence-corrected chi connectivity index (χ4v) is 1.20. The molecule has 0 radical (unpaired) electrons. The molecule has 0 spiro atoms. The summed E-state index contributed by atoms with van der Waals surface area (Å²) >= 11 is 0. The first-order valence-corrected chi connectivity index (χ1v) is 4.00. The van der Waals surface area contributed by atoms with Crippen LogP contribution in [0.5, 0.6) is 0 Å². The number of nitrogens with zero attached hydrogens (tertiary/aromatic N) is 4. The van der Waals surface area contributed by atoms with Crippen molar-refractivity contribution in [2.75, 3.05) is 11.6 Å². The number of aromatic nitrogens is 4. The standard InChI is InChI=1S/C7H10N6O/c1-3-5(14-4(2)10-3)6-11-12-7(8)13(6)9/h9H2,1-2H3,(H2,8,12). The molecule has 2 rings (SSSR count). The van der Waals surface area contributed by atoms with Crippen LogP contribution < -0.4 is 11.6 Å². The van der Waals surface area contributed by atoms with Crippen molar-refractivity contribution < 1.29 is 4.42 Å². The molecule has 2 aromatic heterocycles. The normalized spacial score (nSPS) is 10.7. The number of aryl methyl sites for hydroxylation is 2. The van der Waals surface area contributed by atoms with Gasteiger partial charge in [-0.15, -0.1) is 10.2 Å². The van der Waals surface area contributed by atoms with Crippen LogP contribution in [0.3, 0.4) is 0 Å². The van der Waals surface area contributed by atoms with Gasteiger partial charge in [-0.1, -0.05) is 0 Å². The third-order valence-electron chi connectivity index (χ3n) is 1.83. The molecule has 0 fully saturated rings. The van der Waals surface area contributed by atoms with Gasteiger partial charge in [0.15, 0.2) is 11.7 Å². The van der Waals surface area contributed by atoms with E-state index in [0.717, 1.165) is 4.68 Å². The van der Waals surface area contributed by atoms with E-state index >= 15 is 0 Å². The third kappa shape index (κ3) is 1.10. The zero-order valence-electron chi connectivity index (χ0n) is 7.85. The second-order valence-corrected chi connectivity index (χ2v) is 2.90. The summed E-state index contributed by atoms with van der Waals surface area (Å²) in [6.45, 7) is 3.55. The summed E-state index contributed by atoms with van der Waals surface area (Å²) in [6.07, 6.45) is 0. The van der Waals surface area contributed by atoms with Crippen molar-refractivity contribution >= 4 is 5.95 Å². The highest BCUT2D eigenvalue weighted by atomic mass is 16.4. The molecule has 74 valence electrons. The van der Waals surface area contributed by atoms with Crippen LogP contribution in [0.25, 0.3) is 11.6 Å². The van der Waals surface area contributed by atoms with Crippen molar-refractivity contribution in [3.05, 3.63) is 11.6 Å². The zero-order chi connectivity index (χ0) is 10.3. The van der Waals surface area contributed by atoms with Crippen molar-refractivity contribution in [1.29, 1.82) is 0 Å². The van der Waals surface area contributed by atoms with E-state index in [4.69, 9.17) is 16.0 Å². The molecule has 0 bridgehead atoms. The van der Waals surface area contributed by atoms with E-state index in [1.807, 2.05) is 0 Å². The second kappa shape index (κ2) is 2.72. The Bertz CT molecular complexity index is 470. The monoisotopic (exact) mass is 194 g/mol. The van der Waals surface area contributed by atoms with Crippen LogP contribution in [0.4, 0.5) is 5.95 Å². The van der Waals surface area contributed by atoms with Gasteiger partial charge < -0.3 is 16.0 Å². The lowest BCUT2D eigenvalue weighted by Gasteiger charge is -1.97. The number of anilines is 1. The Morgan fingerprint density at radius 3 is 2.43 bits per heavy atom. The summed E-state index contributed by atoms with van der Waals surface area (Å²) in [7, 11) is 0. The number of nitrogen functional groups attached to an aromatic ring is 2. The summed E-state index contributed by atoms with van der Waals surface area (Å²) in [5.41, 5.74) is 6.15. The van der Waals surface area contributed by atoms with Crippen molar-refractivity contribution in [3.8, 4) is 11.6 Å². The summed E-state index contributed by atoms with van der Waals surface area (Å²) in [6, 6.07) is 0. The van der Waals surface area contributed by atoms with Crippen molar-refractivity contribution in [3.63, 3.8) is 0 Å². The number of oxazole rings is 1. The first kappa shape index (κ1) is 8.54. The maximum absolute atomic E-state index is 5.59. The van der Waals surface area contributed by atoms with Crippen molar-refractivity contribution in [2.24, 2.45) is 0 Å². The topological polar surface area (TPSA) is 109 Å². The molecule has 0 saturated heterocycles. The Morgan fingerprint density at radius 1 is 1.29 bits per heavy atom. The predicted molar refractivity (Wildman–Crippen MR) is 49.6 cm³/mol. The molecule has 2 heterocycles. The molecule has 0 aliphatic carbocycles. The van der Waals surface area contributed by atoms with E-state index in [-0.39, 0.29) is 5.95 Å². The summed E-state index contributed by atoms with van der Waals surface area (Å²) in [5.74, 6) is 7.15. The lowest BCUT2D eigenvalue weighted by molar-refractivity contribution is 0.528. The fraction of sp³-hybridized carbons (Fsp3) is 0.286. The molecule has 2 aromatic rings. The van der Waals surface area contributed by atoms with Gasteiger partial charge >= 0.3 is 0 Å². The number of hydrogen-bond donors (Lipinski definition) is 2.